The molecule has 2 heteroatoms. The Morgan fingerprint density at radius 2 is 2.05 bits per heavy atom. The van der Waals surface area contributed by atoms with Crippen LogP contribution in [-0.2, 0) is 11.8 Å². The summed E-state index contributed by atoms with van der Waals surface area (Å²) in [6.07, 6.45) is 11.1. The smallest absolute Gasteiger partial charge is 0.0408 e. The topological polar surface area (TPSA) is 12.0 Å². The van der Waals surface area contributed by atoms with Crippen molar-refractivity contribution in [2.45, 2.75) is 56.8 Å². The Bertz CT molecular complexity index is 520. The van der Waals surface area contributed by atoms with E-state index in [0.29, 0.717) is 5.41 Å². The van der Waals surface area contributed by atoms with Gasteiger partial charge in [-0.15, -0.1) is 0 Å². The first-order valence-electron chi connectivity index (χ1n) is 8.77. The third-order valence-electron chi connectivity index (χ3n) is 6.29. The molecule has 1 aromatic rings. The predicted octanol–water partition coefficient (Wildman–Crippen LogP) is 4.71. The van der Waals surface area contributed by atoms with Crippen molar-refractivity contribution < 1.29 is 0 Å². The fraction of sp³-hybridized carbons (Fsp3) is 0.684. The minimum atomic E-state index is 0.547. The molecule has 1 aromatic carbocycles. The second kappa shape index (κ2) is 5.59. The van der Waals surface area contributed by atoms with Crippen molar-refractivity contribution in [3.05, 3.63) is 34.3 Å². The molecule has 1 nitrogen and oxygen atoms in total. The van der Waals surface area contributed by atoms with Crippen molar-refractivity contribution in [2.75, 3.05) is 13.1 Å². The molecule has 1 spiro atoms. The maximum absolute atomic E-state index is 6.18. The molecule has 2 atom stereocenters. The lowest BCUT2D eigenvalue weighted by atomic mass is 9.77. The largest absolute Gasteiger partial charge is 0.317 e. The average molecular weight is 304 g/mol. The predicted molar refractivity (Wildman–Crippen MR) is 89.0 cm³/mol. The van der Waals surface area contributed by atoms with E-state index in [0.717, 1.165) is 16.9 Å². The maximum Gasteiger partial charge on any atom is 0.0408 e. The first-order chi connectivity index (χ1) is 10.3. The average Bonchev–Trinajstić information content (AvgIpc) is 3.20. The van der Waals surface area contributed by atoms with Crippen molar-refractivity contribution in [3.8, 4) is 0 Å². The summed E-state index contributed by atoms with van der Waals surface area (Å²) in [4.78, 5) is 0. The van der Waals surface area contributed by atoms with E-state index in [2.05, 4.69) is 23.5 Å². The third kappa shape index (κ3) is 2.64. The number of piperidine rings is 1. The van der Waals surface area contributed by atoms with Gasteiger partial charge >= 0.3 is 0 Å². The van der Waals surface area contributed by atoms with Crippen molar-refractivity contribution in [2.24, 2.45) is 11.8 Å². The zero-order chi connectivity index (χ0) is 14.3. The van der Waals surface area contributed by atoms with E-state index >= 15 is 0 Å². The van der Waals surface area contributed by atoms with Crippen LogP contribution >= 0.6 is 11.6 Å². The van der Waals surface area contributed by atoms with Crippen LogP contribution in [0.4, 0.5) is 0 Å². The van der Waals surface area contributed by atoms with Crippen LogP contribution in [0.3, 0.4) is 0 Å². The standard InChI is InChI=1S/C19H26ClN/c20-17-5-6-18-15(12-17)2-1-9-19(18)13-16(19)4-3-14-7-10-21-11-8-14/h5-6,12,14,16,21H,1-4,7-11,13H2. The number of fused-ring (bicyclic) bond motifs is 2. The molecule has 2 unspecified atom stereocenters. The zero-order valence-electron chi connectivity index (χ0n) is 12.8. The number of nitrogens with one attached hydrogen (secondary N) is 1. The van der Waals surface area contributed by atoms with Crippen molar-refractivity contribution in [1.82, 2.24) is 5.32 Å². The van der Waals surface area contributed by atoms with E-state index in [1.54, 1.807) is 5.56 Å². The Kier molecular flexibility index (Phi) is 3.75. The summed E-state index contributed by atoms with van der Waals surface area (Å²) >= 11 is 6.18. The molecule has 0 bridgehead atoms. The van der Waals surface area contributed by atoms with Crippen LogP contribution in [0.1, 0.15) is 56.1 Å². The molecule has 114 valence electrons. The summed E-state index contributed by atoms with van der Waals surface area (Å²) in [5.74, 6) is 1.93. The lowest BCUT2D eigenvalue weighted by Crippen LogP contribution is -2.27. The highest BCUT2D eigenvalue weighted by atomic mass is 35.5. The quantitative estimate of drug-likeness (QED) is 0.852. The van der Waals surface area contributed by atoms with Crippen LogP contribution in [0.15, 0.2) is 18.2 Å². The number of halogens is 1. The lowest BCUT2D eigenvalue weighted by Gasteiger charge is -2.28. The van der Waals surface area contributed by atoms with Gasteiger partial charge in [-0.3, -0.25) is 0 Å². The molecule has 3 aliphatic rings. The molecule has 1 N–H and O–H groups in total. The SMILES string of the molecule is Clc1ccc2c(c1)CCCC21CC1CCC1CCNCC1. The van der Waals surface area contributed by atoms with Crippen LogP contribution in [0.25, 0.3) is 0 Å². The molecule has 1 heterocycles. The Morgan fingerprint density at radius 1 is 1.19 bits per heavy atom. The minimum Gasteiger partial charge on any atom is -0.317 e. The van der Waals surface area contributed by atoms with Gasteiger partial charge in [0.05, 0.1) is 0 Å². The van der Waals surface area contributed by atoms with Crippen molar-refractivity contribution in [3.63, 3.8) is 0 Å². The molecule has 2 aliphatic carbocycles. The molecule has 2 fully saturated rings. The number of hydrogen-bond donors (Lipinski definition) is 1. The second-order valence-corrected chi connectivity index (χ2v) is 7.92. The molecule has 21 heavy (non-hydrogen) atoms. The van der Waals surface area contributed by atoms with Gasteiger partial charge in [-0.1, -0.05) is 24.1 Å². The monoisotopic (exact) mass is 303 g/mol. The molecule has 0 aromatic heterocycles. The van der Waals surface area contributed by atoms with Crippen molar-refractivity contribution >= 4 is 11.6 Å². The Morgan fingerprint density at radius 3 is 2.90 bits per heavy atom. The molecule has 1 saturated carbocycles. The van der Waals surface area contributed by atoms with Crippen molar-refractivity contribution in [1.29, 1.82) is 0 Å². The summed E-state index contributed by atoms with van der Waals surface area (Å²) in [6, 6.07) is 6.66. The van der Waals surface area contributed by atoms with Gasteiger partial charge in [-0.2, -0.15) is 0 Å². The summed E-state index contributed by atoms with van der Waals surface area (Å²) in [5, 5.41) is 4.40. The third-order valence-corrected chi connectivity index (χ3v) is 6.52. The Labute approximate surface area is 133 Å². The lowest BCUT2D eigenvalue weighted by molar-refractivity contribution is 0.333. The first kappa shape index (κ1) is 14.1. The molecule has 0 radical (unpaired) electrons. The van der Waals surface area contributed by atoms with E-state index in [1.165, 1.54) is 70.0 Å². The van der Waals surface area contributed by atoms with Crippen LogP contribution < -0.4 is 5.32 Å². The molecule has 0 amide bonds. The van der Waals surface area contributed by atoms with E-state index < -0.39 is 0 Å². The van der Waals surface area contributed by atoms with E-state index in [-0.39, 0.29) is 0 Å². The normalized spacial score (nSPS) is 32.1. The highest BCUT2D eigenvalue weighted by Gasteiger charge is 2.55. The van der Waals surface area contributed by atoms with E-state index in [9.17, 15) is 0 Å². The fourth-order valence-electron chi connectivity index (χ4n) is 4.99. The van der Waals surface area contributed by atoms with Gasteiger partial charge in [0.1, 0.15) is 0 Å². The van der Waals surface area contributed by atoms with E-state index in [1.807, 2.05) is 0 Å². The maximum atomic E-state index is 6.18. The number of aryl methyl sites for hydroxylation is 1. The van der Waals surface area contributed by atoms with Gasteiger partial charge in [0, 0.05) is 5.02 Å². The van der Waals surface area contributed by atoms with Crippen LogP contribution in [-0.4, -0.2) is 13.1 Å². The molecule has 1 saturated heterocycles. The van der Waals surface area contributed by atoms with Gasteiger partial charge in [-0.05, 0) is 98.5 Å². The summed E-state index contributed by atoms with van der Waals surface area (Å²) in [6.45, 7) is 2.48. The highest BCUT2D eigenvalue weighted by molar-refractivity contribution is 6.30. The molecular weight excluding hydrogens is 278 g/mol. The highest BCUT2D eigenvalue weighted by Crippen LogP contribution is 2.62. The Balaban J connectivity index is 1.43. The van der Waals surface area contributed by atoms with Gasteiger partial charge in [0.25, 0.3) is 0 Å². The fourth-order valence-corrected chi connectivity index (χ4v) is 5.18. The minimum absolute atomic E-state index is 0.547. The van der Waals surface area contributed by atoms with Crippen LogP contribution in [0, 0.1) is 11.8 Å². The summed E-state index contributed by atoms with van der Waals surface area (Å²) in [5.41, 5.74) is 3.73. The van der Waals surface area contributed by atoms with Gasteiger partial charge in [0.15, 0.2) is 0 Å². The van der Waals surface area contributed by atoms with Gasteiger partial charge < -0.3 is 5.32 Å². The second-order valence-electron chi connectivity index (χ2n) is 7.48. The molecule has 4 rings (SSSR count). The van der Waals surface area contributed by atoms with Crippen LogP contribution in [0.2, 0.25) is 5.02 Å². The summed E-state index contributed by atoms with van der Waals surface area (Å²) in [7, 11) is 0. The first-order valence-corrected chi connectivity index (χ1v) is 9.15. The number of benzene rings is 1. The molecular formula is C19H26ClN. The van der Waals surface area contributed by atoms with E-state index in [4.69, 9.17) is 11.6 Å². The zero-order valence-corrected chi connectivity index (χ0v) is 13.6. The van der Waals surface area contributed by atoms with Crippen LogP contribution in [0.5, 0.6) is 0 Å². The van der Waals surface area contributed by atoms with Gasteiger partial charge in [0.2, 0.25) is 0 Å². The Hall–Kier alpha value is -0.530. The summed E-state index contributed by atoms with van der Waals surface area (Å²) < 4.78 is 0. The molecule has 1 aliphatic heterocycles. The number of rotatable bonds is 3. The van der Waals surface area contributed by atoms with Gasteiger partial charge in [-0.25, -0.2) is 0 Å². The number of hydrogen-bond acceptors (Lipinski definition) is 1.